The first-order chi connectivity index (χ1) is 15.2. The highest BCUT2D eigenvalue weighted by Gasteiger charge is 2.41. The Kier molecular flexibility index (Phi) is 22.3. The number of rotatable bonds is 24. The van der Waals surface area contributed by atoms with Crippen molar-refractivity contribution >= 4 is 0 Å². The van der Waals surface area contributed by atoms with Gasteiger partial charge in [0.2, 0.25) is 0 Å². The fraction of sp³-hybridized carbons (Fsp3) is 0.920. The van der Waals surface area contributed by atoms with Crippen LogP contribution >= 0.6 is 0 Å². The van der Waals surface area contributed by atoms with E-state index >= 15 is 0 Å². The SMILES string of the molecule is CC=CC(CCCCCCCC)C(OCCOCC)(OCCOCC)OCCOCC. The summed E-state index contributed by atoms with van der Waals surface area (Å²) in [6.45, 7) is 14.9. The van der Waals surface area contributed by atoms with Gasteiger partial charge in [-0.1, -0.05) is 57.6 Å². The molecule has 1 atom stereocenters. The average Bonchev–Trinajstić information content (AvgIpc) is 2.78. The minimum atomic E-state index is -1.17. The third-order valence-electron chi connectivity index (χ3n) is 4.95. The second-order valence-corrected chi connectivity index (χ2v) is 7.43. The van der Waals surface area contributed by atoms with Crippen molar-refractivity contribution in [3.05, 3.63) is 12.2 Å². The van der Waals surface area contributed by atoms with Crippen LogP contribution in [0.2, 0.25) is 0 Å². The molecule has 0 aromatic rings. The number of ether oxygens (including phenoxy) is 6. The van der Waals surface area contributed by atoms with E-state index in [9.17, 15) is 0 Å². The molecule has 0 saturated carbocycles. The lowest BCUT2D eigenvalue weighted by atomic mass is 9.97. The van der Waals surface area contributed by atoms with Gasteiger partial charge in [0.15, 0.2) is 0 Å². The van der Waals surface area contributed by atoms with Gasteiger partial charge in [0.05, 0.1) is 45.6 Å². The molecule has 0 aliphatic rings. The molecule has 31 heavy (non-hydrogen) atoms. The average molecular weight is 447 g/mol. The summed E-state index contributed by atoms with van der Waals surface area (Å²) in [6.07, 6.45) is 12.6. The Bertz CT molecular complexity index is 357. The summed E-state index contributed by atoms with van der Waals surface area (Å²) in [4.78, 5) is 0. The molecule has 0 heterocycles. The third kappa shape index (κ3) is 15.9. The zero-order chi connectivity index (χ0) is 23.0. The smallest absolute Gasteiger partial charge is 0.289 e. The van der Waals surface area contributed by atoms with Gasteiger partial charge in [-0.15, -0.1) is 0 Å². The van der Waals surface area contributed by atoms with Crippen LogP contribution in [-0.2, 0) is 28.4 Å². The number of allylic oxidation sites excluding steroid dienone is 1. The van der Waals surface area contributed by atoms with E-state index in [2.05, 4.69) is 19.1 Å². The minimum Gasteiger partial charge on any atom is -0.379 e. The molecular weight excluding hydrogens is 396 g/mol. The van der Waals surface area contributed by atoms with Crippen molar-refractivity contribution in [3.8, 4) is 0 Å². The predicted molar refractivity (Wildman–Crippen MR) is 126 cm³/mol. The molecule has 0 aromatic heterocycles. The van der Waals surface area contributed by atoms with Crippen LogP contribution in [0.5, 0.6) is 0 Å². The maximum Gasteiger partial charge on any atom is 0.289 e. The Hall–Kier alpha value is -0.500. The Morgan fingerprint density at radius 1 is 0.613 bits per heavy atom. The van der Waals surface area contributed by atoms with Crippen molar-refractivity contribution in [1.29, 1.82) is 0 Å². The highest BCUT2D eigenvalue weighted by Crippen LogP contribution is 2.32. The summed E-state index contributed by atoms with van der Waals surface area (Å²) in [5.41, 5.74) is 0. The van der Waals surface area contributed by atoms with Crippen molar-refractivity contribution in [2.24, 2.45) is 5.92 Å². The van der Waals surface area contributed by atoms with Gasteiger partial charge >= 0.3 is 0 Å². The van der Waals surface area contributed by atoms with Crippen LogP contribution in [0.3, 0.4) is 0 Å². The molecule has 0 rings (SSSR count). The normalized spacial score (nSPS) is 13.3. The van der Waals surface area contributed by atoms with Gasteiger partial charge in [-0.25, -0.2) is 0 Å². The van der Waals surface area contributed by atoms with E-state index in [1.165, 1.54) is 32.1 Å². The second-order valence-electron chi connectivity index (χ2n) is 7.43. The van der Waals surface area contributed by atoms with E-state index in [0.29, 0.717) is 59.5 Å². The van der Waals surface area contributed by atoms with Crippen LogP contribution in [0, 0.1) is 5.92 Å². The molecule has 0 saturated heterocycles. The van der Waals surface area contributed by atoms with E-state index in [-0.39, 0.29) is 5.92 Å². The summed E-state index contributed by atoms with van der Waals surface area (Å²) in [7, 11) is 0. The fourth-order valence-corrected chi connectivity index (χ4v) is 3.38. The quantitative estimate of drug-likeness (QED) is 0.107. The first-order valence-corrected chi connectivity index (χ1v) is 12.5. The Morgan fingerprint density at radius 3 is 1.48 bits per heavy atom. The zero-order valence-electron chi connectivity index (χ0n) is 21.0. The molecule has 0 aliphatic heterocycles. The van der Waals surface area contributed by atoms with Crippen LogP contribution in [0.4, 0.5) is 0 Å². The van der Waals surface area contributed by atoms with E-state index < -0.39 is 5.97 Å². The molecule has 186 valence electrons. The summed E-state index contributed by atoms with van der Waals surface area (Å²) < 4.78 is 35.3. The summed E-state index contributed by atoms with van der Waals surface area (Å²) in [5.74, 6) is -1.19. The van der Waals surface area contributed by atoms with Crippen LogP contribution < -0.4 is 0 Å². The molecule has 6 heteroatoms. The van der Waals surface area contributed by atoms with Crippen LogP contribution in [0.25, 0.3) is 0 Å². The van der Waals surface area contributed by atoms with Gasteiger partial charge in [-0.05, 0) is 34.1 Å². The highest BCUT2D eigenvalue weighted by molar-refractivity contribution is 4.92. The minimum absolute atomic E-state index is 0.0199. The Balaban J connectivity index is 5.25. The topological polar surface area (TPSA) is 55.4 Å². The maximum absolute atomic E-state index is 6.27. The zero-order valence-corrected chi connectivity index (χ0v) is 21.0. The second kappa shape index (κ2) is 22.7. The molecule has 0 radical (unpaired) electrons. The molecule has 0 fully saturated rings. The van der Waals surface area contributed by atoms with Crippen molar-refractivity contribution in [2.45, 2.75) is 85.5 Å². The lowest BCUT2D eigenvalue weighted by molar-refractivity contribution is -0.403. The van der Waals surface area contributed by atoms with Crippen LogP contribution in [0.1, 0.15) is 79.6 Å². The first kappa shape index (κ1) is 30.5. The molecule has 0 amide bonds. The molecule has 1 unspecified atom stereocenters. The molecule has 0 N–H and O–H groups in total. The predicted octanol–water partition coefficient (Wildman–Crippen LogP) is 5.74. The van der Waals surface area contributed by atoms with Gasteiger partial charge in [-0.2, -0.15) is 0 Å². The lowest BCUT2D eigenvalue weighted by Crippen LogP contribution is -2.48. The van der Waals surface area contributed by atoms with Crippen LogP contribution in [0.15, 0.2) is 12.2 Å². The molecule has 0 bridgehead atoms. The van der Waals surface area contributed by atoms with E-state index in [1.807, 2.05) is 27.7 Å². The highest BCUT2D eigenvalue weighted by atomic mass is 16.9. The van der Waals surface area contributed by atoms with Gasteiger partial charge in [0.25, 0.3) is 5.97 Å². The van der Waals surface area contributed by atoms with E-state index in [0.717, 1.165) is 12.8 Å². The molecular formula is C25H50O6. The van der Waals surface area contributed by atoms with E-state index in [1.54, 1.807) is 0 Å². The maximum atomic E-state index is 6.27. The molecule has 0 spiro atoms. The Labute approximate surface area is 191 Å². The van der Waals surface area contributed by atoms with Crippen molar-refractivity contribution in [3.63, 3.8) is 0 Å². The molecule has 0 aromatic carbocycles. The molecule has 0 aliphatic carbocycles. The fourth-order valence-electron chi connectivity index (χ4n) is 3.38. The number of hydrogen-bond acceptors (Lipinski definition) is 6. The van der Waals surface area contributed by atoms with Gasteiger partial charge < -0.3 is 28.4 Å². The summed E-state index contributed by atoms with van der Waals surface area (Å²) in [6, 6.07) is 0. The monoisotopic (exact) mass is 446 g/mol. The summed E-state index contributed by atoms with van der Waals surface area (Å²) >= 11 is 0. The van der Waals surface area contributed by atoms with E-state index in [4.69, 9.17) is 28.4 Å². The van der Waals surface area contributed by atoms with Crippen molar-refractivity contribution in [1.82, 2.24) is 0 Å². The first-order valence-electron chi connectivity index (χ1n) is 12.5. The van der Waals surface area contributed by atoms with Crippen molar-refractivity contribution in [2.75, 3.05) is 59.5 Å². The third-order valence-corrected chi connectivity index (χ3v) is 4.95. The number of hydrogen-bond donors (Lipinski definition) is 0. The van der Waals surface area contributed by atoms with Gasteiger partial charge in [0, 0.05) is 19.8 Å². The van der Waals surface area contributed by atoms with Crippen molar-refractivity contribution < 1.29 is 28.4 Å². The lowest BCUT2D eigenvalue weighted by Gasteiger charge is -2.38. The van der Waals surface area contributed by atoms with Gasteiger partial charge in [0.1, 0.15) is 0 Å². The van der Waals surface area contributed by atoms with Crippen LogP contribution in [-0.4, -0.2) is 65.4 Å². The largest absolute Gasteiger partial charge is 0.379 e. The molecule has 6 nitrogen and oxygen atoms in total. The number of unbranched alkanes of at least 4 members (excludes halogenated alkanes) is 5. The Morgan fingerprint density at radius 2 is 1.06 bits per heavy atom. The standard InChI is InChI=1S/C25H50O6/c1-6-11-12-13-14-15-17-24(16-7-2)25(29-21-18-26-8-3,30-22-19-27-9-4)31-23-20-28-10-5/h7,16,24H,6,8-15,17-23H2,1-5H3. The summed E-state index contributed by atoms with van der Waals surface area (Å²) in [5, 5.41) is 0. The van der Waals surface area contributed by atoms with Gasteiger partial charge in [-0.3, -0.25) is 0 Å².